The highest BCUT2D eigenvalue weighted by atomic mass is 32.2. The minimum atomic E-state index is -0.134. The van der Waals surface area contributed by atoms with Crippen LogP contribution in [0.4, 0.5) is 5.69 Å². The Balaban J connectivity index is 1.75. The molecule has 31 heavy (non-hydrogen) atoms. The van der Waals surface area contributed by atoms with E-state index in [2.05, 4.69) is 0 Å². The summed E-state index contributed by atoms with van der Waals surface area (Å²) in [5.74, 6) is 0.104. The minimum Gasteiger partial charge on any atom is -0.315 e. The van der Waals surface area contributed by atoms with Crippen molar-refractivity contribution in [2.45, 2.75) is 19.0 Å². The molecule has 0 radical (unpaired) electrons. The lowest BCUT2D eigenvalue weighted by Gasteiger charge is -2.19. The molecule has 156 valence electrons. The number of hydrogen-bond donors (Lipinski definition) is 0. The Morgan fingerprint density at radius 1 is 0.968 bits per heavy atom. The Labute approximate surface area is 185 Å². The summed E-state index contributed by atoms with van der Waals surface area (Å²) < 4.78 is 1.63. The molecule has 0 aliphatic heterocycles. The molecular weight excluding hydrogens is 406 g/mol. The third-order valence-electron chi connectivity index (χ3n) is 5.40. The monoisotopic (exact) mass is 429 g/mol. The van der Waals surface area contributed by atoms with Crippen molar-refractivity contribution in [3.05, 3.63) is 94.3 Å². The van der Waals surface area contributed by atoms with E-state index in [9.17, 15) is 9.59 Å². The van der Waals surface area contributed by atoms with Gasteiger partial charge in [0.15, 0.2) is 5.16 Å². The van der Waals surface area contributed by atoms with Gasteiger partial charge < -0.3 is 4.90 Å². The number of carbonyl (C=O) groups excluding carboxylic acids is 1. The molecule has 0 N–H and O–H groups in total. The molecule has 0 spiro atoms. The van der Waals surface area contributed by atoms with E-state index in [1.54, 1.807) is 22.6 Å². The van der Waals surface area contributed by atoms with Gasteiger partial charge in [0.1, 0.15) is 0 Å². The Morgan fingerprint density at radius 2 is 1.68 bits per heavy atom. The van der Waals surface area contributed by atoms with Gasteiger partial charge in [-0.2, -0.15) is 0 Å². The summed E-state index contributed by atoms with van der Waals surface area (Å²) in [5.41, 5.74) is 4.21. The number of aryl methyl sites for hydroxylation is 1. The highest BCUT2D eigenvalue weighted by Gasteiger charge is 2.18. The van der Waals surface area contributed by atoms with E-state index < -0.39 is 0 Å². The molecule has 1 amide bonds. The van der Waals surface area contributed by atoms with E-state index >= 15 is 0 Å². The molecule has 1 heterocycles. The van der Waals surface area contributed by atoms with E-state index in [4.69, 9.17) is 4.98 Å². The van der Waals surface area contributed by atoms with Crippen LogP contribution < -0.4 is 10.5 Å². The fourth-order valence-corrected chi connectivity index (χ4v) is 4.34. The number of benzene rings is 3. The molecule has 0 aliphatic carbocycles. The van der Waals surface area contributed by atoms with Crippen LogP contribution in [0, 0.1) is 13.8 Å². The molecule has 3 aromatic carbocycles. The summed E-state index contributed by atoms with van der Waals surface area (Å²) >= 11 is 1.28. The molecule has 4 aromatic rings. The van der Waals surface area contributed by atoms with Gasteiger partial charge in [-0.25, -0.2) is 4.98 Å². The first kappa shape index (κ1) is 20.9. The minimum absolute atomic E-state index is 0.0638. The second-order valence-corrected chi connectivity index (χ2v) is 8.29. The molecule has 4 rings (SSSR count). The van der Waals surface area contributed by atoms with Gasteiger partial charge in [0.05, 0.1) is 22.3 Å². The number of aromatic nitrogens is 2. The maximum absolute atomic E-state index is 13.4. The molecule has 0 aliphatic rings. The topological polar surface area (TPSA) is 55.2 Å². The number of rotatable bonds is 5. The number of para-hydroxylation sites is 2. The zero-order valence-corrected chi connectivity index (χ0v) is 18.5. The summed E-state index contributed by atoms with van der Waals surface area (Å²) in [6.07, 6.45) is 0. The quantitative estimate of drug-likeness (QED) is 0.339. The average Bonchev–Trinajstić information content (AvgIpc) is 2.80. The number of anilines is 1. The van der Waals surface area contributed by atoms with Crippen LogP contribution in [0.1, 0.15) is 11.1 Å². The van der Waals surface area contributed by atoms with Gasteiger partial charge in [-0.15, -0.1) is 0 Å². The zero-order chi connectivity index (χ0) is 22.0. The third kappa shape index (κ3) is 4.11. The van der Waals surface area contributed by atoms with E-state index in [0.717, 1.165) is 22.5 Å². The number of nitrogens with zero attached hydrogens (tertiary/aromatic N) is 3. The first-order valence-corrected chi connectivity index (χ1v) is 11.0. The Morgan fingerprint density at radius 3 is 2.45 bits per heavy atom. The van der Waals surface area contributed by atoms with Crippen molar-refractivity contribution < 1.29 is 4.79 Å². The van der Waals surface area contributed by atoms with Crippen molar-refractivity contribution >= 4 is 34.3 Å². The SMILES string of the molecule is Cc1cccc(-n2c(SCC(=O)N(C)c3ccccc3)nc3ccccc3c2=O)c1C. The fourth-order valence-electron chi connectivity index (χ4n) is 3.42. The number of carbonyl (C=O) groups is 1. The summed E-state index contributed by atoms with van der Waals surface area (Å²) in [7, 11) is 1.75. The normalized spacial score (nSPS) is 10.9. The maximum atomic E-state index is 13.4. The van der Waals surface area contributed by atoms with Crippen LogP contribution in [-0.2, 0) is 4.79 Å². The van der Waals surface area contributed by atoms with Gasteiger partial charge in [-0.05, 0) is 55.3 Å². The molecule has 0 unspecified atom stereocenters. The zero-order valence-electron chi connectivity index (χ0n) is 17.7. The summed E-state index contributed by atoms with van der Waals surface area (Å²) in [6, 6.07) is 22.7. The first-order valence-electron chi connectivity index (χ1n) is 10.00. The van der Waals surface area contributed by atoms with Gasteiger partial charge in [-0.1, -0.05) is 54.2 Å². The van der Waals surface area contributed by atoms with Gasteiger partial charge in [-0.3, -0.25) is 14.2 Å². The lowest BCUT2D eigenvalue weighted by molar-refractivity contribution is -0.115. The van der Waals surface area contributed by atoms with Crippen molar-refractivity contribution in [1.29, 1.82) is 0 Å². The molecule has 5 nitrogen and oxygen atoms in total. The van der Waals surface area contributed by atoms with E-state index in [1.165, 1.54) is 11.8 Å². The molecule has 0 saturated heterocycles. The predicted molar refractivity (Wildman–Crippen MR) is 127 cm³/mol. The van der Waals surface area contributed by atoms with Crippen LogP contribution in [0.25, 0.3) is 16.6 Å². The lowest BCUT2D eigenvalue weighted by Crippen LogP contribution is -2.28. The van der Waals surface area contributed by atoms with Crippen LogP contribution in [0.2, 0.25) is 0 Å². The van der Waals surface area contributed by atoms with Crippen molar-refractivity contribution in [2.75, 3.05) is 17.7 Å². The maximum Gasteiger partial charge on any atom is 0.266 e. The van der Waals surface area contributed by atoms with Crippen LogP contribution in [0.15, 0.2) is 82.7 Å². The standard InChI is InChI=1S/C25H23N3O2S/c1-17-10-9-15-22(18(17)2)28-24(30)20-13-7-8-14-21(20)26-25(28)31-16-23(29)27(3)19-11-5-4-6-12-19/h4-15H,16H2,1-3H3. The molecule has 1 aromatic heterocycles. The van der Waals surface area contributed by atoms with Crippen molar-refractivity contribution in [3.8, 4) is 5.69 Å². The highest BCUT2D eigenvalue weighted by Crippen LogP contribution is 2.25. The Hall–Kier alpha value is -3.38. The lowest BCUT2D eigenvalue weighted by atomic mass is 10.1. The first-order chi connectivity index (χ1) is 15.0. The molecule has 0 atom stereocenters. The number of thioether (sulfide) groups is 1. The largest absolute Gasteiger partial charge is 0.315 e. The van der Waals surface area contributed by atoms with E-state index in [0.29, 0.717) is 16.1 Å². The molecule has 0 saturated carbocycles. The summed E-state index contributed by atoms with van der Waals surface area (Å²) in [5, 5.41) is 1.06. The second kappa shape index (κ2) is 8.78. The molecule has 0 bridgehead atoms. The summed E-state index contributed by atoms with van der Waals surface area (Å²) in [4.78, 5) is 32.6. The third-order valence-corrected chi connectivity index (χ3v) is 6.33. The van der Waals surface area contributed by atoms with Crippen molar-refractivity contribution in [3.63, 3.8) is 0 Å². The van der Waals surface area contributed by atoms with Crippen LogP contribution >= 0.6 is 11.8 Å². The predicted octanol–water partition coefficient (Wildman–Crippen LogP) is 4.76. The number of hydrogen-bond acceptors (Lipinski definition) is 4. The van der Waals surface area contributed by atoms with Crippen molar-refractivity contribution in [2.24, 2.45) is 0 Å². The number of amides is 1. The Kier molecular flexibility index (Phi) is 5.91. The van der Waals surface area contributed by atoms with Crippen molar-refractivity contribution in [1.82, 2.24) is 9.55 Å². The average molecular weight is 430 g/mol. The summed E-state index contributed by atoms with van der Waals surface area (Å²) in [6.45, 7) is 4.01. The number of fused-ring (bicyclic) bond motifs is 1. The highest BCUT2D eigenvalue weighted by molar-refractivity contribution is 7.99. The van der Waals surface area contributed by atoms with Gasteiger partial charge in [0.25, 0.3) is 5.56 Å². The second-order valence-electron chi connectivity index (χ2n) is 7.35. The van der Waals surface area contributed by atoms with Crippen LogP contribution in [0.5, 0.6) is 0 Å². The Bertz CT molecular complexity index is 1320. The van der Waals surface area contributed by atoms with Gasteiger partial charge >= 0.3 is 0 Å². The molecule has 6 heteroatoms. The smallest absolute Gasteiger partial charge is 0.266 e. The van der Waals surface area contributed by atoms with Gasteiger partial charge in [0.2, 0.25) is 5.91 Å². The molecule has 0 fully saturated rings. The fraction of sp³-hybridized carbons (Fsp3) is 0.160. The molecular formula is C25H23N3O2S. The van der Waals surface area contributed by atoms with Gasteiger partial charge in [0, 0.05) is 12.7 Å². The van der Waals surface area contributed by atoms with E-state index in [1.807, 2.05) is 80.6 Å². The van der Waals surface area contributed by atoms with Crippen LogP contribution in [0.3, 0.4) is 0 Å². The van der Waals surface area contributed by atoms with Crippen LogP contribution in [-0.4, -0.2) is 28.3 Å². The van der Waals surface area contributed by atoms with E-state index in [-0.39, 0.29) is 17.2 Å².